The van der Waals surface area contributed by atoms with E-state index in [1.54, 1.807) is 0 Å². The molecule has 9 nitrogen and oxygen atoms in total. The number of amides is 1. The number of aliphatic carboxylic acids is 2. The third-order valence-electron chi connectivity index (χ3n) is 2.17. The molecule has 0 heterocycles. The van der Waals surface area contributed by atoms with Gasteiger partial charge in [0.15, 0.2) is 0 Å². The SMILES string of the molecule is NCC(=O)N[C@H](C=O)CCN(CC(=O)O)CC(=O)O. The molecule has 0 unspecified atom stereocenters. The molecule has 9 heteroatoms. The third-order valence-corrected chi connectivity index (χ3v) is 2.17. The molecule has 1 atom stereocenters. The van der Waals surface area contributed by atoms with Crippen molar-refractivity contribution in [3.8, 4) is 0 Å². The number of nitrogens with one attached hydrogen (secondary N) is 1. The van der Waals surface area contributed by atoms with Gasteiger partial charge in [0.05, 0.1) is 25.7 Å². The first-order valence-electron chi connectivity index (χ1n) is 5.49. The van der Waals surface area contributed by atoms with E-state index in [0.717, 1.165) is 4.90 Å². The third kappa shape index (κ3) is 8.69. The molecule has 0 rings (SSSR count). The number of rotatable bonds is 10. The fourth-order valence-corrected chi connectivity index (χ4v) is 1.36. The van der Waals surface area contributed by atoms with Crippen molar-refractivity contribution in [1.82, 2.24) is 10.2 Å². The summed E-state index contributed by atoms with van der Waals surface area (Å²) in [6.45, 7) is -1.13. The summed E-state index contributed by atoms with van der Waals surface area (Å²) in [6.07, 6.45) is 0.600. The highest BCUT2D eigenvalue weighted by molar-refractivity contribution is 5.81. The number of carboxylic acids is 2. The molecule has 0 aromatic rings. The molecule has 1 amide bonds. The number of hydrogen-bond donors (Lipinski definition) is 4. The van der Waals surface area contributed by atoms with E-state index < -0.39 is 37.0 Å². The van der Waals surface area contributed by atoms with Gasteiger partial charge in [-0.15, -0.1) is 0 Å². The Balaban J connectivity index is 4.33. The van der Waals surface area contributed by atoms with Crippen molar-refractivity contribution in [2.75, 3.05) is 26.2 Å². The quantitative estimate of drug-likeness (QED) is 0.319. The van der Waals surface area contributed by atoms with Crippen molar-refractivity contribution >= 4 is 24.1 Å². The van der Waals surface area contributed by atoms with Crippen molar-refractivity contribution in [3.05, 3.63) is 0 Å². The Labute approximate surface area is 109 Å². The molecular weight excluding hydrogens is 258 g/mol. The molecule has 0 bridgehead atoms. The van der Waals surface area contributed by atoms with Crippen LogP contribution in [0.3, 0.4) is 0 Å². The maximum atomic E-state index is 11.0. The van der Waals surface area contributed by atoms with Crippen molar-refractivity contribution in [2.45, 2.75) is 12.5 Å². The molecule has 0 saturated heterocycles. The standard InChI is InChI=1S/C10H17N3O6/c11-3-8(15)12-7(6-14)1-2-13(4-9(16)17)5-10(18)19/h6-7H,1-5,11H2,(H,12,15)(H,16,17)(H,18,19)/t7-/m0/s1. The first kappa shape index (κ1) is 17.0. The first-order chi connectivity index (χ1) is 8.88. The summed E-state index contributed by atoms with van der Waals surface area (Å²) in [5.74, 6) is -2.86. The number of hydrogen-bond acceptors (Lipinski definition) is 6. The van der Waals surface area contributed by atoms with E-state index in [9.17, 15) is 19.2 Å². The number of nitrogens with zero attached hydrogens (tertiary/aromatic N) is 1. The minimum atomic E-state index is -1.17. The van der Waals surface area contributed by atoms with E-state index in [-0.39, 0.29) is 19.5 Å². The maximum Gasteiger partial charge on any atom is 0.317 e. The van der Waals surface area contributed by atoms with E-state index in [1.165, 1.54) is 0 Å². The normalized spacial score (nSPS) is 11.9. The summed E-state index contributed by atoms with van der Waals surface area (Å²) in [5, 5.41) is 19.5. The van der Waals surface area contributed by atoms with Crippen LogP contribution in [0.25, 0.3) is 0 Å². The van der Waals surface area contributed by atoms with Gasteiger partial charge in [-0.3, -0.25) is 19.3 Å². The largest absolute Gasteiger partial charge is 0.480 e. The van der Waals surface area contributed by atoms with Crippen LogP contribution in [0.15, 0.2) is 0 Å². The number of nitrogens with two attached hydrogens (primary N) is 1. The molecule has 5 N–H and O–H groups in total. The second-order valence-electron chi connectivity index (χ2n) is 3.80. The van der Waals surface area contributed by atoms with Crippen LogP contribution < -0.4 is 11.1 Å². The van der Waals surface area contributed by atoms with Gasteiger partial charge in [-0.25, -0.2) is 0 Å². The number of carbonyl (C=O) groups excluding carboxylic acids is 2. The first-order valence-corrected chi connectivity index (χ1v) is 5.49. The maximum absolute atomic E-state index is 11.0. The second-order valence-corrected chi connectivity index (χ2v) is 3.80. The molecule has 0 aliphatic rings. The molecule has 19 heavy (non-hydrogen) atoms. The number of aldehydes is 1. The molecule has 0 aliphatic carbocycles. The average molecular weight is 275 g/mol. The molecular formula is C10H17N3O6. The summed E-state index contributed by atoms with van der Waals surface area (Å²) in [7, 11) is 0. The zero-order valence-corrected chi connectivity index (χ0v) is 10.2. The van der Waals surface area contributed by atoms with Crippen molar-refractivity contribution in [2.24, 2.45) is 5.73 Å². The van der Waals surface area contributed by atoms with Gasteiger partial charge in [-0.2, -0.15) is 0 Å². The van der Waals surface area contributed by atoms with Crippen molar-refractivity contribution in [1.29, 1.82) is 0 Å². The zero-order chi connectivity index (χ0) is 14.8. The lowest BCUT2D eigenvalue weighted by Gasteiger charge is -2.20. The predicted octanol–water partition coefficient (Wildman–Crippen LogP) is -2.51. The second kappa shape index (κ2) is 9.00. The summed E-state index contributed by atoms with van der Waals surface area (Å²) >= 11 is 0. The highest BCUT2D eigenvalue weighted by Crippen LogP contribution is 1.96. The monoisotopic (exact) mass is 275 g/mol. The molecule has 0 aromatic carbocycles. The lowest BCUT2D eigenvalue weighted by atomic mass is 10.2. The molecule has 108 valence electrons. The molecule has 0 spiro atoms. The van der Waals surface area contributed by atoms with Crippen LogP contribution >= 0.6 is 0 Å². The Morgan fingerprint density at radius 3 is 2.11 bits per heavy atom. The Morgan fingerprint density at radius 2 is 1.74 bits per heavy atom. The fourth-order valence-electron chi connectivity index (χ4n) is 1.36. The Bertz CT molecular complexity index is 330. The lowest BCUT2D eigenvalue weighted by Crippen LogP contribution is -2.43. The molecule has 0 fully saturated rings. The van der Waals surface area contributed by atoms with Crippen LogP contribution in [0.5, 0.6) is 0 Å². The Morgan fingerprint density at radius 1 is 1.21 bits per heavy atom. The smallest absolute Gasteiger partial charge is 0.317 e. The topological polar surface area (TPSA) is 150 Å². The van der Waals surface area contributed by atoms with Crippen LogP contribution in [-0.2, 0) is 19.2 Å². The summed E-state index contributed by atoms with van der Waals surface area (Å²) in [5.41, 5.74) is 5.07. The van der Waals surface area contributed by atoms with Gasteiger partial charge in [0.25, 0.3) is 0 Å². The van der Waals surface area contributed by atoms with Gasteiger partial charge >= 0.3 is 11.9 Å². The van der Waals surface area contributed by atoms with Gasteiger partial charge in [-0.05, 0) is 6.42 Å². The van der Waals surface area contributed by atoms with Gasteiger partial charge in [0.1, 0.15) is 6.29 Å². The summed E-state index contributed by atoms with van der Waals surface area (Å²) < 4.78 is 0. The Kier molecular flexibility index (Phi) is 8.05. The molecule has 0 saturated carbocycles. The van der Waals surface area contributed by atoms with Crippen LogP contribution in [0.2, 0.25) is 0 Å². The number of carboxylic acid groups (broad SMARTS) is 2. The highest BCUT2D eigenvalue weighted by Gasteiger charge is 2.16. The zero-order valence-electron chi connectivity index (χ0n) is 10.2. The van der Waals surface area contributed by atoms with E-state index in [0.29, 0.717) is 6.29 Å². The lowest BCUT2D eigenvalue weighted by molar-refractivity contribution is -0.141. The number of carbonyl (C=O) groups is 4. The van der Waals surface area contributed by atoms with Crippen LogP contribution in [0.4, 0.5) is 0 Å². The van der Waals surface area contributed by atoms with E-state index in [4.69, 9.17) is 15.9 Å². The predicted molar refractivity (Wildman–Crippen MR) is 63.4 cm³/mol. The van der Waals surface area contributed by atoms with Crippen LogP contribution in [0.1, 0.15) is 6.42 Å². The summed E-state index contributed by atoms with van der Waals surface area (Å²) in [4.78, 5) is 43.9. The van der Waals surface area contributed by atoms with E-state index in [2.05, 4.69) is 5.32 Å². The average Bonchev–Trinajstić information content (AvgIpc) is 2.32. The molecule has 0 aliphatic heterocycles. The summed E-state index contributed by atoms with van der Waals surface area (Å²) in [6, 6.07) is -0.818. The highest BCUT2D eigenvalue weighted by atomic mass is 16.4. The minimum absolute atomic E-state index is 0.0485. The van der Waals surface area contributed by atoms with E-state index >= 15 is 0 Å². The van der Waals surface area contributed by atoms with E-state index in [1.807, 2.05) is 0 Å². The van der Waals surface area contributed by atoms with Crippen LogP contribution in [0, 0.1) is 0 Å². The van der Waals surface area contributed by atoms with Gasteiger partial charge < -0.3 is 26.1 Å². The fraction of sp³-hybridized carbons (Fsp3) is 0.600. The van der Waals surface area contributed by atoms with Gasteiger partial charge in [0, 0.05) is 6.54 Å². The minimum Gasteiger partial charge on any atom is -0.480 e. The van der Waals surface area contributed by atoms with Crippen LogP contribution in [-0.4, -0.2) is 71.5 Å². The Hall–Kier alpha value is -2.00. The van der Waals surface area contributed by atoms with Crippen molar-refractivity contribution in [3.63, 3.8) is 0 Å². The van der Waals surface area contributed by atoms with Gasteiger partial charge in [0.2, 0.25) is 5.91 Å². The molecule has 0 radical (unpaired) electrons. The molecule has 0 aromatic heterocycles. The van der Waals surface area contributed by atoms with Gasteiger partial charge in [-0.1, -0.05) is 0 Å². The van der Waals surface area contributed by atoms with Crippen molar-refractivity contribution < 1.29 is 29.4 Å².